The van der Waals surface area contributed by atoms with Gasteiger partial charge in [-0.1, -0.05) is 13.0 Å². The van der Waals surface area contributed by atoms with Crippen LogP contribution in [-0.4, -0.2) is 63.2 Å². The summed E-state index contributed by atoms with van der Waals surface area (Å²) in [6.07, 6.45) is 4.47. The largest absolute Gasteiger partial charge is 0.365 e. The highest BCUT2D eigenvalue weighted by Gasteiger charge is 2.27. The standard InChI is InChI=1S/C21H33F2N5/c1-3-10-27-11-7-16(8-12-27)14-25-21(24-2)26-17-9-13-28(15-17)20-18(22)5-4-6-19(20)23/h4-6,16-17H,3,7-15H2,1-2H3,(H2,24,25,26). The first-order valence-corrected chi connectivity index (χ1v) is 10.5. The van der Waals surface area contributed by atoms with Crippen molar-refractivity contribution in [1.29, 1.82) is 0 Å². The third-order valence-electron chi connectivity index (χ3n) is 5.81. The molecule has 2 saturated heterocycles. The molecule has 0 bridgehead atoms. The highest BCUT2D eigenvalue weighted by Crippen LogP contribution is 2.26. The van der Waals surface area contributed by atoms with Crippen LogP contribution in [0.4, 0.5) is 14.5 Å². The Morgan fingerprint density at radius 3 is 2.50 bits per heavy atom. The molecule has 0 amide bonds. The van der Waals surface area contributed by atoms with Gasteiger partial charge in [0.25, 0.3) is 0 Å². The zero-order valence-electron chi connectivity index (χ0n) is 17.1. The van der Waals surface area contributed by atoms with Gasteiger partial charge in [0.15, 0.2) is 5.96 Å². The summed E-state index contributed by atoms with van der Waals surface area (Å²) in [5, 5.41) is 6.86. The predicted molar refractivity (Wildman–Crippen MR) is 111 cm³/mol. The SMILES string of the molecule is CCCN1CCC(CNC(=NC)NC2CCN(c3c(F)cccc3F)C2)CC1. The van der Waals surface area contributed by atoms with E-state index in [9.17, 15) is 8.78 Å². The van der Waals surface area contributed by atoms with Crippen LogP contribution in [0, 0.1) is 17.6 Å². The van der Waals surface area contributed by atoms with Gasteiger partial charge in [-0.25, -0.2) is 8.78 Å². The van der Waals surface area contributed by atoms with Gasteiger partial charge in [-0.3, -0.25) is 4.99 Å². The van der Waals surface area contributed by atoms with Crippen LogP contribution in [0.5, 0.6) is 0 Å². The van der Waals surface area contributed by atoms with Gasteiger partial charge in [-0.2, -0.15) is 0 Å². The maximum absolute atomic E-state index is 14.0. The minimum absolute atomic E-state index is 0.0774. The Labute approximate surface area is 167 Å². The minimum Gasteiger partial charge on any atom is -0.365 e. The van der Waals surface area contributed by atoms with Crippen molar-refractivity contribution in [1.82, 2.24) is 15.5 Å². The van der Waals surface area contributed by atoms with E-state index in [-0.39, 0.29) is 11.7 Å². The number of benzene rings is 1. The van der Waals surface area contributed by atoms with Crippen molar-refractivity contribution in [3.8, 4) is 0 Å². The van der Waals surface area contributed by atoms with E-state index in [4.69, 9.17) is 0 Å². The third-order valence-corrected chi connectivity index (χ3v) is 5.81. The third kappa shape index (κ3) is 5.34. The molecule has 2 aliphatic rings. The zero-order valence-corrected chi connectivity index (χ0v) is 17.1. The van der Waals surface area contributed by atoms with E-state index in [0.717, 1.165) is 18.9 Å². The van der Waals surface area contributed by atoms with Crippen molar-refractivity contribution in [2.24, 2.45) is 10.9 Å². The number of nitrogens with one attached hydrogen (secondary N) is 2. The number of guanidine groups is 1. The Hall–Kier alpha value is -1.89. The number of anilines is 1. The molecule has 2 aliphatic heterocycles. The van der Waals surface area contributed by atoms with E-state index >= 15 is 0 Å². The first-order valence-electron chi connectivity index (χ1n) is 10.5. The summed E-state index contributed by atoms with van der Waals surface area (Å²) in [4.78, 5) is 8.65. The Bertz CT molecular complexity index is 638. The second-order valence-corrected chi connectivity index (χ2v) is 7.88. The van der Waals surface area contributed by atoms with Crippen molar-refractivity contribution in [3.05, 3.63) is 29.8 Å². The fraction of sp³-hybridized carbons (Fsp3) is 0.667. The number of rotatable bonds is 6. The molecule has 2 fully saturated rings. The van der Waals surface area contributed by atoms with Crippen LogP contribution in [-0.2, 0) is 0 Å². The lowest BCUT2D eigenvalue weighted by molar-refractivity contribution is 0.185. The van der Waals surface area contributed by atoms with Gasteiger partial charge in [0.2, 0.25) is 0 Å². The molecule has 0 aromatic heterocycles. The van der Waals surface area contributed by atoms with Crippen LogP contribution in [0.2, 0.25) is 0 Å². The summed E-state index contributed by atoms with van der Waals surface area (Å²) < 4.78 is 28.0. The molecule has 0 spiro atoms. The van der Waals surface area contributed by atoms with Crippen molar-refractivity contribution in [3.63, 3.8) is 0 Å². The molecule has 1 aromatic carbocycles. The molecule has 0 radical (unpaired) electrons. The van der Waals surface area contributed by atoms with E-state index in [1.54, 1.807) is 11.9 Å². The van der Waals surface area contributed by atoms with E-state index in [0.29, 0.717) is 19.0 Å². The number of piperidine rings is 1. The summed E-state index contributed by atoms with van der Waals surface area (Å²) >= 11 is 0. The van der Waals surface area contributed by atoms with Gasteiger partial charge < -0.3 is 20.4 Å². The lowest BCUT2D eigenvalue weighted by atomic mass is 9.97. The summed E-state index contributed by atoms with van der Waals surface area (Å²) in [5.41, 5.74) is 0.0774. The molecule has 0 saturated carbocycles. The van der Waals surface area contributed by atoms with Crippen LogP contribution in [0.15, 0.2) is 23.2 Å². The van der Waals surface area contributed by atoms with Gasteiger partial charge in [-0.15, -0.1) is 0 Å². The molecule has 5 nitrogen and oxygen atoms in total. The average Bonchev–Trinajstić information content (AvgIpc) is 3.14. The molecule has 3 rings (SSSR count). The van der Waals surface area contributed by atoms with Crippen LogP contribution in [0.3, 0.4) is 0 Å². The molecule has 7 heteroatoms. The summed E-state index contributed by atoms with van der Waals surface area (Å²) in [5.74, 6) is 0.436. The van der Waals surface area contributed by atoms with Crippen molar-refractivity contribution in [2.75, 3.05) is 51.2 Å². The molecule has 156 valence electrons. The number of hydrogen-bond acceptors (Lipinski definition) is 3. The molecule has 0 aliphatic carbocycles. The van der Waals surface area contributed by atoms with Gasteiger partial charge in [0.1, 0.15) is 17.3 Å². The van der Waals surface area contributed by atoms with Crippen LogP contribution in [0.1, 0.15) is 32.6 Å². The summed E-state index contributed by atoms with van der Waals surface area (Å²) in [6.45, 7) is 7.89. The normalized spacial score (nSPS) is 21.9. The Morgan fingerprint density at radius 2 is 1.86 bits per heavy atom. The second kappa shape index (κ2) is 10.0. The number of halogens is 2. The van der Waals surface area contributed by atoms with Crippen LogP contribution >= 0.6 is 0 Å². The topological polar surface area (TPSA) is 42.9 Å². The quantitative estimate of drug-likeness (QED) is 0.576. The fourth-order valence-electron chi connectivity index (χ4n) is 4.23. The average molecular weight is 394 g/mol. The van der Waals surface area contributed by atoms with Gasteiger partial charge in [0, 0.05) is 32.7 Å². The smallest absolute Gasteiger partial charge is 0.191 e. The Balaban J connectivity index is 1.44. The van der Waals surface area contributed by atoms with Gasteiger partial charge in [0.05, 0.1) is 0 Å². The number of para-hydroxylation sites is 1. The van der Waals surface area contributed by atoms with E-state index in [2.05, 4.69) is 27.4 Å². The highest BCUT2D eigenvalue weighted by molar-refractivity contribution is 5.80. The zero-order chi connectivity index (χ0) is 19.9. The molecule has 1 aromatic rings. The number of hydrogen-bond donors (Lipinski definition) is 2. The van der Waals surface area contributed by atoms with E-state index < -0.39 is 11.6 Å². The number of nitrogens with zero attached hydrogens (tertiary/aromatic N) is 3. The van der Waals surface area contributed by atoms with Gasteiger partial charge >= 0.3 is 0 Å². The molecule has 1 atom stereocenters. The maximum Gasteiger partial charge on any atom is 0.191 e. The molecule has 28 heavy (non-hydrogen) atoms. The first-order chi connectivity index (χ1) is 13.6. The molecular formula is C21H33F2N5. The fourth-order valence-corrected chi connectivity index (χ4v) is 4.23. The maximum atomic E-state index is 14.0. The van der Waals surface area contributed by atoms with Crippen LogP contribution < -0.4 is 15.5 Å². The van der Waals surface area contributed by atoms with Crippen molar-refractivity contribution < 1.29 is 8.78 Å². The Kier molecular flexibility index (Phi) is 7.48. The Morgan fingerprint density at radius 1 is 1.14 bits per heavy atom. The van der Waals surface area contributed by atoms with Crippen LogP contribution in [0.25, 0.3) is 0 Å². The molecule has 2 heterocycles. The van der Waals surface area contributed by atoms with E-state index in [1.807, 2.05) is 0 Å². The van der Waals surface area contributed by atoms with Crippen molar-refractivity contribution >= 4 is 11.6 Å². The van der Waals surface area contributed by atoms with E-state index in [1.165, 1.54) is 57.1 Å². The molecule has 1 unspecified atom stereocenters. The lowest BCUT2D eigenvalue weighted by Gasteiger charge is -2.32. The number of likely N-dealkylation sites (tertiary alicyclic amines) is 1. The second-order valence-electron chi connectivity index (χ2n) is 7.88. The highest BCUT2D eigenvalue weighted by atomic mass is 19.1. The summed E-state index contributed by atoms with van der Waals surface area (Å²) in [7, 11) is 1.77. The van der Waals surface area contributed by atoms with Gasteiger partial charge in [-0.05, 0) is 63.4 Å². The molecule has 2 N–H and O–H groups in total. The first kappa shape index (κ1) is 20.8. The predicted octanol–water partition coefficient (Wildman–Crippen LogP) is 2.83. The number of aliphatic imine (C=N–C) groups is 1. The summed E-state index contributed by atoms with van der Waals surface area (Å²) in [6, 6.07) is 4.15. The minimum atomic E-state index is -0.502. The molecular weight excluding hydrogens is 360 g/mol. The van der Waals surface area contributed by atoms with Crippen molar-refractivity contribution in [2.45, 2.75) is 38.6 Å². The monoisotopic (exact) mass is 393 g/mol. The lowest BCUT2D eigenvalue weighted by Crippen LogP contribution is -2.47.